The number of ether oxygens (including phenoxy) is 1. The lowest BCUT2D eigenvalue weighted by molar-refractivity contribution is -0.136. The zero-order valence-electron chi connectivity index (χ0n) is 19.6. The van der Waals surface area contributed by atoms with Crippen LogP contribution < -0.4 is 14.5 Å². The highest BCUT2D eigenvalue weighted by atomic mass is 16.5. The van der Waals surface area contributed by atoms with Crippen molar-refractivity contribution in [2.75, 3.05) is 56.2 Å². The molecule has 2 aliphatic heterocycles. The van der Waals surface area contributed by atoms with Gasteiger partial charge in [0.25, 0.3) is 0 Å². The second kappa shape index (κ2) is 10.1. The number of aromatic nitrogens is 2. The van der Waals surface area contributed by atoms with Crippen molar-refractivity contribution in [1.29, 1.82) is 0 Å². The molecule has 5 rings (SSSR count). The van der Waals surface area contributed by atoms with Crippen LogP contribution >= 0.6 is 0 Å². The molecule has 0 N–H and O–H groups in total. The number of para-hydroxylation sites is 2. The average molecular weight is 458 g/mol. The predicted molar refractivity (Wildman–Crippen MR) is 134 cm³/mol. The molecule has 2 aromatic carbocycles. The highest BCUT2D eigenvalue weighted by Crippen LogP contribution is 2.29. The smallest absolute Gasteiger partial charge is 0.225 e. The number of hydrogen-bond donors (Lipinski definition) is 0. The van der Waals surface area contributed by atoms with Crippen molar-refractivity contribution in [2.24, 2.45) is 5.92 Å². The Hall–Kier alpha value is -3.61. The van der Waals surface area contributed by atoms with Crippen LogP contribution in [0.1, 0.15) is 12.8 Å². The molecule has 7 heteroatoms. The summed E-state index contributed by atoms with van der Waals surface area (Å²) in [5, 5.41) is 8.91. The molecule has 3 heterocycles. The van der Waals surface area contributed by atoms with Crippen LogP contribution in [0.3, 0.4) is 0 Å². The first-order valence-corrected chi connectivity index (χ1v) is 12.0. The Morgan fingerprint density at radius 2 is 1.50 bits per heavy atom. The van der Waals surface area contributed by atoms with Crippen molar-refractivity contribution in [1.82, 2.24) is 15.1 Å². The Morgan fingerprint density at radius 1 is 0.794 bits per heavy atom. The van der Waals surface area contributed by atoms with Crippen LogP contribution in [0.25, 0.3) is 11.3 Å². The monoisotopic (exact) mass is 457 g/mol. The van der Waals surface area contributed by atoms with Gasteiger partial charge in [-0.3, -0.25) is 4.79 Å². The number of carbonyl (C=O) groups excluding carboxylic acids is 1. The number of hydrogen-bond acceptors (Lipinski definition) is 6. The van der Waals surface area contributed by atoms with Crippen molar-refractivity contribution >= 4 is 17.4 Å². The Balaban J connectivity index is 1.14. The van der Waals surface area contributed by atoms with E-state index in [9.17, 15) is 4.79 Å². The molecular weight excluding hydrogens is 426 g/mol. The summed E-state index contributed by atoms with van der Waals surface area (Å²) in [6.07, 6.45) is 1.71. The zero-order valence-corrected chi connectivity index (χ0v) is 19.6. The number of piperazine rings is 1. The number of rotatable bonds is 5. The molecule has 2 aliphatic rings. The van der Waals surface area contributed by atoms with E-state index in [1.807, 2.05) is 42.5 Å². The van der Waals surface area contributed by atoms with E-state index in [4.69, 9.17) is 4.74 Å². The minimum absolute atomic E-state index is 0.0975. The van der Waals surface area contributed by atoms with Gasteiger partial charge in [0.2, 0.25) is 5.91 Å². The molecule has 7 nitrogen and oxygen atoms in total. The van der Waals surface area contributed by atoms with Crippen LogP contribution in [0, 0.1) is 5.92 Å². The molecule has 0 unspecified atom stereocenters. The van der Waals surface area contributed by atoms with Crippen LogP contribution in [-0.2, 0) is 4.79 Å². The van der Waals surface area contributed by atoms with E-state index in [-0.39, 0.29) is 5.92 Å². The van der Waals surface area contributed by atoms with Crippen LogP contribution in [0.15, 0.2) is 66.7 Å². The molecule has 2 fully saturated rings. The van der Waals surface area contributed by atoms with Crippen LogP contribution in [0.4, 0.5) is 11.5 Å². The van der Waals surface area contributed by atoms with Gasteiger partial charge in [-0.05, 0) is 49.2 Å². The number of nitrogens with zero attached hydrogens (tertiary/aromatic N) is 5. The molecule has 176 valence electrons. The predicted octanol–water partition coefficient (Wildman–Crippen LogP) is 3.72. The molecule has 2 saturated heterocycles. The minimum Gasteiger partial charge on any atom is -0.496 e. The summed E-state index contributed by atoms with van der Waals surface area (Å²) in [5.41, 5.74) is 2.96. The van der Waals surface area contributed by atoms with E-state index >= 15 is 0 Å². The summed E-state index contributed by atoms with van der Waals surface area (Å²) >= 11 is 0. The van der Waals surface area contributed by atoms with E-state index < -0.39 is 0 Å². The summed E-state index contributed by atoms with van der Waals surface area (Å²) in [7, 11) is 1.66. The zero-order chi connectivity index (χ0) is 23.3. The normalized spacial score (nSPS) is 17.0. The van der Waals surface area contributed by atoms with Gasteiger partial charge in [-0.2, -0.15) is 0 Å². The molecule has 0 spiro atoms. The number of methoxy groups -OCH3 is 1. The van der Waals surface area contributed by atoms with Gasteiger partial charge in [0.05, 0.1) is 12.8 Å². The first-order chi connectivity index (χ1) is 16.7. The largest absolute Gasteiger partial charge is 0.496 e. The lowest BCUT2D eigenvalue weighted by atomic mass is 9.95. The molecule has 0 atom stereocenters. The third kappa shape index (κ3) is 4.69. The van der Waals surface area contributed by atoms with Gasteiger partial charge < -0.3 is 19.4 Å². The molecule has 1 aromatic heterocycles. The standard InChI is InChI=1S/C27H31N5O2/c1-34-25-10-6-5-9-23(25)24-11-12-26(29-28-24)31-15-13-21(14-16-31)27(33)32-19-17-30(18-20-32)22-7-3-2-4-8-22/h2-12,21H,13-20H2,1H3. The molecule has 0 radical (unpaired) electrons. The second-order valence-electron chi connectivity index (χ2n) is 8.89. The molecule has 1 amide bonds. The van der Waals surface area contributed by atoms with E-state index in [0.717, 1.165) is 74.9 Å². The van der Waals surface area contributed by atoms with Gasteiger partial charge in [0, 0.05) is 56.4 Å². The fourth-order valence-electron chi connectivity index (χ4n) is 4.93. The van der Waals surface area contributed by atoms with E-state index in [1.165, 1.54) is 5.69 Å². The van der Waals surface area contributed by atoms with Crippen LogP contribution in [0.5, 0.6) is 5.75 Å². The first kappa shape index (κ1) is 22.2. The SMILES string of the molecule is COc1ccccc1-c1ccc(N2CCC(C(=O)N3CCN(c4ccccc4)CC3)CC2)nn1. The second-order valence-corrected chi connectivity index (χ2v) is 8.89. The maximum Gasteiger partial charge on any atom is 0.225 e. The molecule has 0 saturated carbocycles. The number of piperidine rings is 1. The van der Waals surface area contributed by atoms with Gasteiger partial charge >= 0.3 is 0 Å². The number of carbonyl (C=O) groups is 1. The van der Waals surface area contributed by atoms with Crippen molar-refractivity contribution in [3.05, 3.63) is 66.7 Å². The quantitative estimate of drug-likeness (QED) is 0.582. The average Bonchev–Trinajstić information content (AvgIpc) is 2.93. The van der Waals surface area contributed by atoms with Crippen molar-refractivity contribution in [3.63, 3.8) is 0 Å². The molecule has 0 bridgehead atoms. The summed E-state index contributed by atoms with van der Waals surface area (Å²) in [6, 6.07) is 22.3. The first-order valence-electron chi connectivity index (χ1n) is 12.0. The highest BCUT2D eigenvalue weighted by molar-refractivity contribution is 5.79. The summed E-state index contributed by atoms with van der Waals surface area (Å²) in [6.45, 7) is 5.02. The fourth-order valence-corrected chi connectivity index (χ4v) is 4.93. The van der Waals surface area contributed by atoms with Gasteiger partial charge in [-0.25, -0.2) is 0 Å². The van der Waals surface area contributed by atoms with Crippen molar-refractivity contribution < 1.29 is 9.53 Å². The van der Waals surface area contributed by atoms with Crippen molar-refractivity contribution in [2.45, 2.75) is 12.8 Å². The fraction of sp³-hybridized carbons (Fsp3) is 0.370. The third-order valence-electron chi connectivity index (χ3n) is 6.91. The number of benzene rings is 2. The van der Waals surface area contributed by atoms with Gasteiger partial charge in [-0.1, -0.05) is 30.3 Å². The summed E-state index contributed by atoms with van der Waals surface area (Å²) < 4.78 is 5.44. The molecule has 34 heavy (non-hydrogen) atoms. The topological polar surface area (TPSA) is 61.8 Å². The van der Waals surface area contributed by atoms with Crippen LogP contribution in [-0.4, -0.2) is 67.4 Å². The summed E-state index contributed by atoms with van der Waals surface area (Å²) in [4.78, 5) is 19.8. The maximum absolute atomic E-state index is 13.2. The van der Waals surface area contributed by atoms with Crippen molar-refractivity contribution in [3.8, 4) is 17.0 Å². The Morgan fingerprint density at radius 3 is 2.18 bits per heavy atom. The Labute approximate surface area is 201 Å². The Kier molecular flexibility index (Phi) is 6.60. The Bertz CT molecular complexity index is 1090. The minimum atomic E-state index is 0.0975. The lowest BCUT2D eigenvalue weighted by Gasteiger charge is -2.39. The molecular formula is C27H31N5O2. The van der Waals surface area contributed by atoms with E-state index in [2.05, 4.69) is 49.2 Å². The van der Waals surface area contributed by atoms with Crippen LogP contribution in [0.2, 0.25) is 0 Å². The number of amides is 1. The third-order valence-corrected chi connectivity index (χ3v) is 6.91. The van der Waals surface area contributed by atoms with E-state index in [0.29, 0.717) is 5.91 Å². The molecule has 3 aromatic rings. The number of anilines is 2. The summed E-state index contributed by atoms with van der Waals surface area (Å²) in [5.74, 6) is 2.06. The molecule has 0 aliphatic carbocycles. The highest BCUT2D eigenvalue weighted by Gasteiger charge is 2.31. The van der Waals surface area contributed by atoms with Gasteiger partial charge in [-0.15, -0.1) is 10.2 Å². The lowest BCUT2D eigenvalue weighted by Crippen LogP contribution is -2.51. The van der Waals surface area contributed by atoms with Gasteiger partial charge in [0.15, 0.2) is 5.82 Å². The van der Waals surface area contributed by atoms with Gasteiger partial charge in [0.1, 0.15) is 5.75 Å². The van der Waals surface area contributed by atoms with E-state index in [1.54, 1.807) is 7.11 Å². The maximum atomic E-state index is 13.2.